The molecule has 1 fully saturated rings. The van der Waals surface area contributed by atoms with E-state index >= 15 is 0 Å². The molecular formula is C10H13BrN2OS. The number of amides is 1. The molecule has 0 aliphatic carbocycles. The van der Waals surface area contributed by atoms with Crippen molar-refractivity contribution in [2.75, 3.05) is 19.6 Å². The lowest BCUT2D eigenvalue weighted by molar-refractivity contribution is -0.120. The van der Waals surface area contributed by atoms with Crippen molar-refractivity contribution in [3.05, 3.63) is 20.8 Å². The van der Waals surface area contributed by atoms with Crippen LogP contribution in [0.3, 0.4) is 0 Å². The Morgan fingerprint density at radius 1 is 1.47 bits per heavy atom. The largest absolute Gasteiger partial charge is 0.355 e. The van der Waals surface area contributed by atoms with Crippen LogP contribution in [0.15, 0.2) is 15.9 Å². The Balaban J connectivity index is 1.91. The van der Waals surface area contributed by atoms with E-state index in [9.17, 15) is 4.79 Å². The summed E-state index contributed by atoms with van der Waals surface area (Å²) in [6.45, 7) is 3.53. The Morgan fingerprint density at radius 3 is 3.07 bits per heavy atom. The van der Waals surface area contributed by atoms with Gasteiger partial charge in [-0.05, 0) is 28.1 Å². The van der Waals surface area contributed by atoms with Crippen molar-refractivity contribution in [1.82, 2.24) is 10.2 Å². The third kappa shape index (κ3) is 3.29. The van der Waals surface area contributed by atoms with Crippen molar-refractivity contribution in [1.29, 1.82) is 0 Å². The number of hydrogen-bond donors (Lipinski definition) is 1. The minimum absolute atomic E-state index is 0.171. The Morgan fingerprint density at radius 2 is 2.33 bits per heavy atom. The molecule has 0 radical (unpaired) electrons. The van der Waals surface area contributed by atoms with Crippen LogP contribution in [0.1, 0.15) is 11.3 Å². The van der Waals surface area contributed by atoms with Crippen LogP contribution in [0.2, 0.25) is 0 Å². The zero-order chi connectivity index (χ0) is 10.7. The van der Waals surface area contributed by atoms with Crippen LogP contribution in [-0.4, -0.2) is 30.4 Å². The average Bonchev–Trinajstić information content (AvgIpc) is 2.48. The Labute approximate surface area is 102 Å². The summed E-state index contributed by atoms with van der Waals surface area (Å²) < 4.78 is 1.17. The summed E-state index contributed by atoms with van der Waals surface area (Å²) in [5, 5.41) is 2.88. The van der Waals surface area contributed by atoms with Gasteiger partial charge in [-0.2, -0.15) is 0 Å². The highest BCUT2D eigenvalue weighted by Gasteiger charge is 2.13. The first-order valence-electron chi connectivity index (χ1n) is 4.97. The van der Waals surface area contributed by atoms with Crippen LogP contribution in [0.4, 0.5) is 0 Å². The number of rotatable bonds is 2. The molecule has 0 aromatic carbocycles. The molecule has 0 spiro atoms. The van der Waals surface area contributed by atoms with Crippen LogP contribution in [0, 0.1) is 0 Å². The zero-order valence-electron chi connectivity index (χ0n) is 8.33. The molecule has 3 nitrogen and oxygen atoms in total. The van der Waals surface area contributed by atoms with Gasteiger partial charge in [0.1, 0.15) is 0 Å². The fraction of sp³-hybridized carbons (Fsp3) is 0.500. The molecule has 15 heavy (non-hydrogen) atoms. The smallest absolute Gasteiger partial charge is 0.221 e. The van der Waals surface area contributed by atoms with Crippen molar-refractivity contribution < 1.29 is 4.79 Å². The van der Waals surface area contributed by atoms with E-state index in [0.29, 0.717) is 6.42 Å². The molecule has 5 heteroatoms. The number of nitrogens with one attached hydrogen (secondary N) is 1. The molecule has 1 aliphatic rings. The molecule has 2 heterocycles. The summed E-state index contributed by atoms with van der Waals surface area (Å²) in [5.41, 5.74) is 0. The highest BCUT2D eigenvalue weighted by Crippen LogP contribution is 2.23. The monoisotopic (exact) mass is 288 g/mol. The van der Waals surface area contributed by atoms with Gasteiger partial charge in [0.15, 0.2) is 0 Å². The molecule has 2 rings (SSSR count). The predicted molar refractivity (Wildman–Crippen MR) is 64.9 cm³/mol. The lowest BCUT2D eigenvalue weighted by Crippen LogP contribution is -2.27. The van der Waals surface area contributed by atoms with E-state index < -0.39 is 0 Å². The number of hydrogen-bond acceptors (Lipinski definition) is 3. The highest BCUT2D eigenvalue weighted by molar-refractivity contribution is 9.11. The fourth-order valence-corrected chi connectivity index (χ4v) is 3.15. The number of carbonyl (C=O) groups is 1. The fourth-order valence-electron chi connectivity index (χ4n) is 1.63. The van der Waals surface area contributed by atoms with E-state index in [1.165, 1.54) is 8.66 Å². The van der Waals surface area contributed by atoms with Gasteiger partial charge >= 0.3 is 0 Å². The molecule has 1 N–H and O–H groups in total. The third-order valence-electron chi connectivity index (χ3n) is 2.41. The maximum absolute atomic E-state index is 11.1. The normalized spacial score (nSPS) is 18.6. The van der Waals surface area contributed by atoms with Crippen molar-refractivity contribution in [2.45, 2.75) is 13.0 Å². The van der Waals surface area contributed by atoms with Crippen molar-refractivity contribution >= 4 is 33.2 Å². The van der Waals surface area contributed by atoms with E-state index in [2.05, 4.69) is 38.3 Å². The van der Waals surface area contributed by atoms with E-state index in [-0.39, 0.29) is 5.91 Å². The second kappa shape index (κ2) is 5.09. The van der Waals surface area contributed by atoms with Crippen molar-refractivity contribution in [3.63, 3.8) is 0 Å². The van der Waals surface area contributed by atoms with Gasteiger partial charge in [0.25, 0.3) is 0 Å². The van der Waals surface area contributed by atoms with Crippen LogP contribution in [0.25, 0.3) is 0 Å². The molecular weight excluding hydrogens is 276 g/mol. The molecule has 1 amide bonds. The van der Waals surface area contributed by atoms with Crippen LogP contribution < -0.4 is 5.32 Å². The van der Waals surface area contributed by atoms with Crippen molar-refractivity contribution in [2.24, 2.45) is 0 Å². The molecule has 0 atom stereocenters. The molecule has 1 aliphatic heterocycles. The van der Waals surface area contributed by atoms with Gasteiger partial charge in [-0.1, -0.05) is 0 Å². The van der Waals surface area contributed by atoms with Gasteiger partial charge in [-0.25, -0.2) is 0 Å². The van der Waals surface area contributed by atoms with Crippen LogP contribution >= 0.6 is 27.3 Å². The quantitative estimate of drug-likeness (QED) is 0.901. The SMILES string of the molecule is O=C1CCN(Cc2ccc(Br)s2)CCN1. The van der Waals surface area contributed by atoms with Gasteiger partial charge in [-0.15, -0.1) is 11.3 Å². The summed E-state index contributed by atoms with van der Waals surface area (Å²) in [6.07, 6.45) is 0.618. The van der Waals surface area contributed by atoms with E-state index in [1.54, 1.807) is 11.3 Å². The van der Waals surface area contributed by atoms with E-state index in [1.807, 2.05) is 0 Å². The minimum atomic E-state index is 0.171. The van der Waals surface area contributed by atoms with Crippen molar-refractivity contribution in [3.8, 4) is 0 Å². The first-order valence-corrected chi connectivity index (χ1v) is 6.58. The third-order valence-corrected chi connectivity index (χ3v) is 4.02. The average molecular weight is 289 g/mol. The van der Waals surface area contributed by atoms with Crippen LogP contribution in [-0.2, 0) is 11.3 Å². The zero-order valence-corrected chi connectivity index (χ0v) is 10.7. The van der Waals surface area contributed by atoms with Gasteiger partial charge in [0.05, 0.1) is 3.79 Å². The van der Waals surface area contributed by atoms with Gasteiger partial charge in [-0.3, -0.25) is 9.69 Å². The summed E-state index contributed by atoms with van der Waals surface area (Å²) in [5.74, 6) is 0.171. The van der Waals surface area contributed by atoms with Gasteiger partial charge < -0.3 is 5.32 Å². The first kappa shape index (κ1) is 11.1. The summed E-state index contributed by atoms with van der Waals surface area (Å²) in [7, 11) is 0. The van der Waals surface area contributed by atoms with E-state index in [4.69, 9.17) is 0 Å². The number of carbonyl (C=O) groups excluding carboxylic acids is 1. The summed E-state index contributed by atoms with van der Waals surface area (Å²) in [6, 6.07) is 4.20. The lowest BCUT2D eigenvalue weighted by atomic mass is 10.3. The summed E-state index contributed by atoms with van der Waals surface area (Å²) in [4.78, 5) is 14.8. The molecule has 82 valence electrons. The number of halogens is 1. The molecule has 0 bridgehead atoms. The molecule has 1 aromatic heterocycles. The Hall–Kier alpha value is -0.390. The van der Waals surface area contributed by atoms with Gasteiger partial charge in [0.2, 0.25) is 5.91 Å². The van der Waals surface area contributed by atoms with E-state index in [0.717, 1.165) is 26.2 Å². The maximum atomic E-state index is 11.1. The Kier molecular flexibility index (Phi) is 3.77. The molecule has 0 unspecified atom stereocenters. The van der Waals surface area contributed by atoms with Gasteiger partial charge in [0, 0.05) is 37.5 Å². The Bertz CT molecular complexity index is 353. The molecule has 1 saturated heterocycles. The standard InChI is InChI=1S/C10H13BrN2OS/c11-9-2-1-8(15-9)7-13-5-3-10(14)12-4-6-13/h1-2H,3-7H2,(H,12,14). The predicted octanol–water partition coefficient (Wildman–Crippen LogP) is 1.83. The first-order chi connectivity index (χ1) is 7.24. The lowest BCUT2D eigenvalue weighted by Gasteiger charge is -2.17. The number of thiophene rings is 1. The highest BCUT2D eigenvalue weighted by atomic mass is 79.9. The minimum Gasteiger partial charge on any atom is -0.355 e. The summed E-state index contributed by atoms with van der Waals surface area (Å²) >= 11 is 5.21. The molecule has 1 aromatic rings. The number of nitrogens with zero attached hydrogens (tertiary/aromatic N) is 1. The maximum Gasteiger partial charge on any atom is 0.221 e. The van der Waals surface area contributed by atoms with Crippen LogP contribution in [0.5, 0.6) is 0 Å². The topological polar surface area (TPSA) is 32.3 Å². The molecule has 0 saturated carbocycles. The second-order valence-corrected chi connectivity index (χ2v) is 6.13. The second-order valence-electron chi connectivity index (χ2n) is 3.58.